The van der Waals surface area contributed by atoms with Crippen LogP contribution in [0.15, 0.2) is 0 Å². The highest BCUT2D eigenvalue weighted by atomic mass is 16.5. The van der Waals surface area contributed by atoms with Crippen molar-refractivity contribution in [1.29, 1.82) is 0 Å². The molecule has 0 spiro atoms. The molecule has 1 aliphatic rings. The molecule has 0 bridgehead atoms. The van der Waals surface area contributed by atoms with Gasteiger partial charge >= 0.3 is 12.0 Å². The predicted octanol–water partition coefficient (Wildman–Crippen LogP) is 0.965. The van der Waals surface area contributed by atoms with E-state index in [1.54, 1.807) is 0 Å². The van der Waals surface area contributed by atoms with Crippen LogP contribution in [-0.2, 0) is 9.53 Å². The van der Waals surface area contributed by atoms with Crippen molar-refractivity contribution in [2.24, 2.45) is 5.92 Å². The number of carbonyl (C=O) groups is 2. The number of carboxylic acid groups (broad SMARTS) is 1. The molecule has 0 aliphatic carbocycles. The minimum absolute atomic E-state index is 0.0339. The number of amides is 2. The van der Waals surface area contributed by atoms with E-state index in [0.29, 0.717) is 25.5 Å². The molecule has 2 unspecified atom stereocenters. The average molecular weight is 258 g/mol. The molecule has 1 fully saturated rings. The molecule has 0 aromatic rings. The van der Waals surface area contributed by atoms with E-state index < -0.39 is 5.97 Å². The van der Waals surface area contributed by atoms with Crippen molar-refractivity contribution in [3.05, 3.63) is 0 Å². The Labute approximate surface area is 107 Å². The second-order valence-electron chi connectivity index (χ2n) is 4.67. The fraction of sp³-hybridized carbons (Fsp3) is 0.833. The Balaban J connectivity index is 2.24. The minimum atomic E-state index is -0.891. The summed E-state index contributed by atoms with van der Waals surface area (Å²) < 4.78 is 5.21. The third-order valence-electron chi connectivity index (χ3n) is 2.97. The summed E-state index contributed by atoms with van der Waals surface area (Å²) >= 11 is 0. The number of rotatable bonds is 7. The fourth-order valence-electron chi connectivity index (χ4n) is 2.00. The molecule has 0 saturated carbocycles. The fourth-order valence-corrected chi connectivity index (χ4v) is 2.00. The molecule has 0 aromatic carbocycles. The Bertz CT molecular complexity index is 277. The van der Waals surface area contributed by atoms with Crippen LogP contribution in [0.4, 0.5) is 4.79 Å². The quantitative estimate of drug-likeness (QED) is 0.635. The summed E-state index contributed by atoms with van der Waals surface area (Å²) in [6.45, 7) is 3.99. The van der Waals surface area contributed by atoms with E-state index in [-0.39, 0.29) is 18.5 Å². The second-order valence-corrected chi connectivity index (χ2v) is 4.67. The largest absolute Gasteiger partial charge is 0.481 e. The molecule has 2 atom stereocenters. The van der Waals surface area contributed by atoms with Gasteiger partial charge in [-0.2, -0.15) is 0 Å². The van der Waals surface area contributed by atoms with E-state index in [1.807, 2.05) is 6.92 Å². The number of carbonyl (C=O) groups excluding carboxylic acids is 1. The Hall–Kier alpha value is -1.30. The summed E-state index contributed by atoms with van der Waals surface area (Å²) in [5.41, 5.74) is 0. The van der Waals surface area contributed by atoms with Gasteiger partial charge in [0.05, 0.1) is 13.0 Å². The number of carboxylic acids is 1. The first-order chi connectivity index (χ1) is 8.61. The molecule has 3 N–H and O–H groups in total. The molecule has 6 nitrogen and oxygen atoms in total. The molecule has 1 rings (SSSR count). The van der Waals surface area contributed by atoms with Crippen LogP contribution in [0.5, 0.6) is 0 Å². The van der Waals surface area contributed by atoms with E-state index in [1.165, 1.54) is 0 Å². The van der Waals surface area contributed by atoms with Gasteiger partial charge in [-0.1, -0.05) is 13.3 Å². The third-order valence-corrected chi connectivity index (χ3v) is 2.97. The van der Waals surface area contributed by atoms with E-state index >= 15 is 0 Å². The summed E-state index contributed by atoms with van der Waals surface area (Å²) in [4.78, 5) is 22.3. The Kier molecular flexibility index (Phi) is 6.49. The van der Waals surface area contributed by atoms with Crippen LogP contribution in [0.3, 0.4) is 0 Å². The lowest BCUT2D eigenvalue weighted by molar-refractivity contribution is -0.137. The molecular formula is C12H22N2O4. The zero-order valence-electron chi connectivity index (χ0n) is 10.8. The molecule has 0 aromatic heterocycles. The SMILES string of the molecule is CCCC(CC(=O)O)NC(=O)NCC1CCOC1. The summed E-state index contributed by atoms with van der Waals surface area (Å²) in [5.74, 6) is -0.516. The lowest BCUT2D eigenvalue weighted by atomic mass is 10.1. The standard InChI is InChI=1S/C12H22N2O4/c1-2-3-10(6-11(15)16)14-12(17)13-7-9-4-5-18-8-9/h9-10H,2-8H2,1H3,(H,15,16)(H2,13,14,17). The van der Waals surface area contributed by atoms with Gasteiger partial charge in [-0.15, -0.1) is 0 Å². The predicted molar refractivity (Wildman–Crippen MR) is 66.4 cm³/mol. The van der Waals surface area contributed by atoms with E-state index in [4.69, 9.17) is 9.84 Å². The van der Waals surface area contributed by atoms with Gasteiger partial charge in [0.15, 0.2) is 0 Å². The first-order valence-electron chi connectivity index (χ1n) is 6.45. The van der Waals surface area contributed by atoms with Crippen molar-refractivity contribution in [3.63, 3.8) is 0 Å². The van der Waals surface area contributed by atoms with Gasteiger partial charge in [-0.25, -0.2) is 4.79 Å². The molecule has 1 aliphatic heterocycles. The van der Waals surface area contributed by atoms with Crippen molar-refractivity contribution in [1.82, 2.24) is 10.6 Å². The Morgan fingerprint density at radius 1 is 1.50 bits per heavy atom. The van der Waals surface area contributed by atoms with Crippen molar-refractivity contribution < 1.29 is 19.4 Å². The number of aliphatic carboxylic acids is 1. The topological polar surface area (TPSA) is 87.7 Å². The highest BCUT2D eigenvalue weighted by Crippen LogP contribution is 2.10. The zero-order valence-corrected chi connectivity index (χ0v) is 10.8. The van der Waals surface area contributed by atoms with Crippen LogP contribution in [0, 0.1) is 5.92 Å². The van der Waals surface area contributed by atoms with Gasteiger partial charge in [0.1, 0.15) is 0 Å². The van der Waals surface area contributed by atoms with Crippen LogP contribution in [0.1, 0.15) is 32.6 Å². The summed E-state index contributed by atoms with van der Waals surface area (Å²) in [5, 5.41) is 14.2. The van der Waals surface area contributed by atoms with Gasteiger partial charge in [0, 0.05) is 25.1 Å². The molecule has 1 heterocycles. The maximum Gasteiger partial charge on any atom is 0.315 e. The van der Waals surface area contributed by atoms with Crippen molar-refractivity contribution in [2.45, 2.75) is 38.6 Å². The third kappa shape index (κ3) is 5.86. The Morgan fingerprint density at radius 2 is 2.28 bits per heavy atom. The highest BCUT2D eigenvalue weighted by molar-refractivity contribution is 5.75. The molecule has 6 heteroatoms. The van der Waals surface area contributed by atoms with E-state index in [9.17, 15) is 9.59 Å². The van der Waals surface area contributed by atoms with E-state index in [2.05, 4.69) is 10.6 Å². The van der Waals surface area contributed by atoms with Crippen molar-refractivity contribution >= 4 is 12.0 Å². The molecule has 104 valence electrons. The van der Waals surface area contributed by atoms with Gasteiger partial charge in [-0.05, 0) is 12.8 Å². The lowest BCUT2D eigenvalue weighted by Gasteiger charge is -2.17. The van der Waals surface area contributed by atoms with E-state index in [0.717, 1.165) is 19.4 Å². The minimum Gasteiger partial charge on any atom is -0.481 e. The maximum absolute atomic E-state index is 11.6. The first-order valence-corrected chi connectivity index (χ1v) is 6.45. The van der Waals surface area contributed by atoms with Crippen LogP contribution < -0.4 is 10.6 Å². The second kappa shape index (κ2) is 7.92. The Morgan fingerprint density at radius 3 is 2.83 bits per heavy atom. The molecular weight excluding hydrogens is 236 g/mol. The van der Waals surface area contributed by atoms with Gasteiger partial charge < -0.3 is 20.5 Å². The van der Waals surface area contributed by atoms with Crippen molar-refractivity contribution in [2.75, 3.05) is 19.8 Å². The number of ether oxygens (including phenoxy) is 1. The molecule has 2 amide bonds. The molecule has 18 heavy (non-hydrogen) atoms. The van der Waals surface area contributed by atoms with Gasteiger partial charge in [-0.3, -0.25) is 4.79 Å². The first kappa shape index (κ1) is 14.8. The average Bonchev–Trinajstić information content (AvgIpc) is 2.78. The van der Waals surface area contributed by atoms with Crippen molar-refractivity contribution in [3.8, 4) is 0 Å². The van der Waals surface area contributed by atoms with Gasteiger partial charge in [0.2, 0.25) is 0 Å². The maximum atomic E-state index is 11.6. The normalized spacial score (nSPS) is 20.4. The number of urea groups is 1. The van der Waals surface area contributed by atoms with Crippen LogP contribution in [-0.4, -0.2) is 42.9 Å². The highest BCUT2D eigenvalue weighted by Gasteiger charge is 2.18. The number of hydrogen-bond donors (Lipinski definition) is 3. The monoisotopic (exact) mass is 258 g/mol. The summed E-state index contributed by atoms with van der Waals surface area (Å²) in [7, 11) is 0. The summed E-state index contributed by atoms with van der Waals surface area (Å²) in [6.07, 6.45) is 2.45. The number of nitrogens with one attached hydrogen (secondary N) is 2. The zero-order chi connectivity index (χ0) is 13.4. The lowest BCUT2D eigenvalue weighted by Crippen LogP contribution is -2.44. The molecule has 0 radical (unpaired) electrons. The summed E-state index contributed by atoms with van der Waals surface area (Å²) in [6, 6.07) is -0.589. The van der Waals surface area contributed by atoms with Crippen LogP contribution in [0.25, 0.3) is 0 Å². The smallest absolute Gasteiger partial charge is 0.315 e. The van der Waals surface area contributed by atoms with Crippen LogP contribution >= 0.6 is 0 Å². The number of hydrogen-bond acceptors (Lipinski definition) is 3. The molecule has 1 saturated heterocycles. The van der Waals surface area contributed by atoms with Crippen LogP contribution in [0.2, 0.25) is 0 Å². The van der Waals surface area contributed by atoms with Gasteiger partial charge in [0.25, 0.3) is 0 Å².